The zero-order chi connectivity index (χ0) is 19.4. The van der Waals surface area contributed by atoms with Crippen LogP contribution in [-0.2, 0) is 11.2 Å². The van der Waals surface area contributed by atoms with Gasteiger partial charge in [-0.15, -0.1) is 0 Å². The van der Waals surface area contributed by atoms with E-state index in [9.17, 15) is 14.4 Å². The van der Waals surface area contributed by atoms with Crippen LogP contribution >= 0.6 is 23.2 Å². The molecule has 7 nitrogen and oxygen atoms in total. The Morgan fingerprint density at radius 3 is 2.67 bits per heavy atom. The zero-order valence-corrected chi connectivity index (χ0v) is 15.9. The van der Waals surface area contributed by atoms with Crippen LogP contribution in [0.3, 0.4) is 0 Å². The van der Waals surface area contributed by atoms with Crippen molar-refractivity contribution in [3.05, 3.63) is 61.7 Å². The van der Waals surface area contributed by atoms with Gasteiger partial charge in [-0.2, -0.15) is 0 Å². The van der Waals surface area contributed by atoms with Crippen LogP contribution in [0, 0.1) is 0 Å². The Hall–Kier alpha value is -2.38. The standard InChI is InChI=1S/C18H18Cl2N4O3/c19-12-4-3-5-13(20)10(12)8-15-22-9-11(17(26)24-15)16(25)23-14-6-1-2-7-21-18(14)27/h3-5,9,14H,1-2,6-8H2,(H,21,27)(H,23,25)(H,22,24,26)/t14-/m0/s1. The fourth-order valence-electron chi connectivity index (χ4n) is 2.87. The van der Waals surface area contributed by atoms with E-state index >= 15 is 0 Å². The van der Waals surface area contributed by atoms with Crippen LogP contribution in [0.15, 0.2) is 29.2 Å². The summed E-state index contributed by atoms with van der Waals surface area (Å²) in [6.45, 7) is 0.590. The third-order valence-electron chi connectivity index (χ3n) is 4.34. The highest BCUT2D eigenvalue weighted by molar-refractivity contribution is 6.36. The fraction of sp³-hybridized carbons (Fsp3) is 0.333. The first-order chi connectivity index (χ1) is 13.0. The van der Waals surface area contributed by atoms with E-state index in [0.717, 1.165) is 12.8 Å². The molecule has 9 heteroatoms. The van der Waals surface area contributed by atoms with E-state index < -0.39 is 17.5 Å². The van der Waals surface area contributed by atoms with E-state index in [1.165, 1.54) is 6.20 Å². The van der Waals surface area contributed by atoms with Crippen molar-refractivity contribution in [2.75, 3.05) is 6.54 Å². The van der Waals surface area contributed by atoms with Crippen molar-refractivity contribution in [2.45, 2.75) is 31.7 Å². The number of carbonyl (C=O) groups excluding carboxylic acids is 2. The van der Waals surface area contributed by atoms with Crippen LogP contribution in [0.2, 0.25) is 10.0 Å². The fourth-order valence-corrected chi connectivity index (χ4v) is 3.40. The largest absolute Gasteiger partial charge is 0.354 e. The van der Waals surface area contributed by atoms with Crippen molar-refractivity contribution in [1.82, 2.24) is 20.6 Å². The summed E-state index contributed by atoms with van der Waals surface area (Å²) in [5.74, 6) is -0.540. The number of rotatable bonds is 4. The minimum Gasteiger partial charge on any atom is -0.354 e. The Balaban J connectivity index is 1.75. The van der Waals surface area contributed by atoms with Crippen molar-refractivity contribution in [3.63, 3.8) is 0 Å². The van der Waals surface area contributed by atoms with Gasteiger partial charge >= 0.3 is 0 Å². The lowest BCUT2D eigenvalue weighted by Crippen LogP contribution is -2.46. The van der Waals surface area contributed by atoms with Gasteiger partial charge in [0.2, 0.25) is 5.91 Å². The lowest BCUT2D eigenvalue weighted by atomic mass is 10.1. The molecule has 27 heavy (non-hydrogen) atoms. The van der Waals surface area contributed by atoms with Crippen LogP contribution in [0.1, 0.15) is 41.0 Å². The van der Waals surface area contributed by atoms with Crippen molar-refractivity contribution in [3.8, 4) is 0 Å². The van der Waals surface area contributed by atoms with Gasteiger partial charge in [-0.1, -0.05) is 29.3 Å². The Morgan fingerprint density at radius 1 is 1.22 bits per heavy atom. The second-order valence-electron chi connectivity index (χ2n) is 6.26. The molecule has 1 aliphatic rings. The Bertz CT molecular complexity index is 909. The summed E-state index contributed by atoms with van der Waals surface area (Å²) in [6, 6.07) is 4.46. The first-order valence-corrected chi connectivity index (χ1v) is 9.31. The molecule has 1 saturated heterocycles. The van der Waals surface area contributed by atoms with Crippen molar-refractivity contribution in [2.24, 2.45) is 0 Å². The predicted molar refractivity (Wildman–Crippen MR) is 102 cm³/mol. The molecule has 2 heterocycles. The Kier molecular flexibility index (Phi) is 6.13. The number of hydrogen-bond donors (Lipinski definition) is 3. The van der Waals surface area contributed by atoms with Crippen LogP contribution in [-0.4, -0.2) is 34.4 Å². The summed E-state index contributed by atoms with van der Waals surface area (Å²) in [6.07, 6.45) is 3.63. The molecule has 0 radical (unpaired) electrons. The number of benzene rings is 1. The average molecular weight is 409 g/mol. The van der Waals surface area contributed by atoms with E-state index in [-0.39, 0.29) is 17.9 Å². The number of amides is 2. The molecule has 142 valence electrons. The van der Waals surface area contributed by atoms with Gasteiger partial charge in [-0.3, -0.25) is 14.4 Å². The lowest BCUT2D eigenvalue weighted by molar-refractivity contribution is -0.122. The van der Waals surface area contributed by atoms with Gasteiger partial charge in [0.05, 0.1) is 0 Å². The minimum atomic E-state index is -0.652. The molecule has 1 aromatic heterocycles. The van der Waals surface area contributed by atoms with Gasteiger partial charge < -0.3 is 15.6 Å². The predicted octanol–water partition coefficient (Wildman–Crippen LogP) is 2.07. The summed E-state index contributed by atoms with van der Waals surface area (Å²) in [5, 5.41) is 6.26. The van der Waals surface area contributed by atoms with Crippen molar-refractivity contribution < 1.29 is 9.59 Å². The average Bonchev–Trinajstić information content (AvgIpc) is 2.83. The number of halogens is 2. The molecule has 2 aromatic rings. The second kappa shape index (κ2) is 8.54. The molecular weight excluding hydrogens is 391 g/mol. The highest BCUT2D eigenvalue weighted by Gasteiger charge is 2.24. The first kappa shape index (κ1) is 19.4. The minimum absolute atomic E-state index is 0.152. The van der Waals surface area contributed by atoms with Crippen molar-refractivity contribution >= 4 is 35.0 Å². The maximum atomic E-state index is 12.4. The van der Waals surface area contributed by atoms with Gasteiger partial charge in [-0.05, 0) is 37.0 Å². The Labute approximate surface area is 165 Å². The molecule has 3 rings (SSSR count). The number of nitrogens with one attached hydrogen (secondary N) is 3. The SMILES string of the molecule is O=C(N[C@H]1CCCCNC1=O)c1cnc(Cc2c(Cl)cccc2Cl)[nH]c1=O. The molecule has 0 spiro atoms. The molecular formula is C18H18Cl2N4O3. The normalized spacial score (nSPS) is 17.1. The van der Waals surface area contributed by atoms with Crippen LogP contribution in [0.5, 0.6) is 0 Å². The number of nitrogens with zero attached hydrogens (tertiary/aromatic N) is 1. The molecule has 1 atom stereocenters. The van der Waals surface area contributed by atoms with Crippen molar-refractivity contribution in [1.29, 1.82) is 0 Å². The van der Waals surface area contributed by atoms with Crippen LogP contribution in [0.4, 0.5) is 0 Å². The monoisotopic (exact) mass is 408 g/mol. The molecule has 2 amide bonds. The summed E-state index contributed by atoms with van der Waals surface area (Å²) in [7, 11) is 0. The third-order valence-corrected chi connectivity index (χ3v) is 5.05. The second-order valence-corrected chi connectivity index (χ2v) is 7.08. The van der Waals surface area contributed by atoms with E-state index in [2.05, 4.69) is 20.6 Å². The molecule has 1 aromatic carbocycles. The quantitative estimate of drug-likeness (QED) is 0.719. The van der Waals surface area contributed by atoms with E-state index in [0.29, 0.717) is 34.4 Å². The number of aromatic amines is 1. The maximum absolute atomic E-state index is 12.4. The number of hydrogen-bond acceptors (Lipinski definition) is 4. The van der Waals surface area contributed by atoms with Gasteiger partial charge in [0, 0.05) is 29.2 Å². The number of carbonyl (C=O) groups is 2. The topological polar surface area (TPSA) is 104 Å². The van der Waals surface area contributed by atoms with Gasteiger partial charge in [0.25, 0.3) is 11.5 Å². The summed E-state index contributed by atoms with van der Waals surface area (Å²) in [4.78, 5) is 43.3. The summed E-state index contributed by atoms with van der Waals surface area (Å²) < 4.78 is 0. The molecule has 0 aliphatic carbocycles. The van der Waals surface area contributed by atoms with Gasteiger partial charge in [0.1, 0.15) is 17.4 Å². The van der Waals surface area contributed by atoms with Gasteiger partial charge in [0.15, 0.2) is 0 Å². The lowest BCUT2D eigenvalue weighted by Gasteiger charge is -2.14. The molecule has 1 fully saturated rings. The van der Waals surface area contributed by atoms with E-state index in [4.69, 9.17) is 23.2 Å². The smallest absolute Gasteiger partial charge is 0.263 e. The molecule has 3 N–H and O–H groups in total. The maximum Gasteiger partial charge on any atom is 0.263 e. The van der Waals surface area contributed by atoms with Gasteiger partial charge in [-0.25, -0.2) is 4.98 Å². The zero-order valence-electron chi connectivity index (χ0n) is 14.4. The van der Waals surface area contributed by atoms with Crippen LogP contribution in [0.25, 0.3) is 0 Å². The molecule has 0 unspecified atom stereocenters. The number of H-pyrrole nitrogens is 1. The Morgan fingerprint density at radius 2 is 1.96 bits per heavy atom. The first-order valence-electron chi connectivity index (χ1n) is 8.55. The molecule has 1 aliphatic heterocycles. The highest BCUT2D eigenvalue weighted by Crippen LogP contribution is 2.25. The molecule has 0 saturated carbocycles. The highest BCUT2D eigenvalue weighted by atomic mass is 35.5. The van der Waals surface area contributed by atoms with E-state index in [1.807, 2.05) is 0 Å². The third kappa shape index (κ3) is 4.67. The van der Waals surface area contributed by atoms with E-state index in [1.54, 1.807) is 18.2 Å². The summed E-state index contributed by atoms with van der Waals surface area (Å²) in [5.41, 5.74) is -0.105. The number of aromatic nitrogens is 2. The summed E-state index contributed by atoms with van der Waals surface area (Å²) >= 11 is 12.3. The van der Waals surface area contributed by atoms with Crippen LogP contribution < -0.4 is 16.2 Å². The molecule has 0 bridgehead atoms.